The number of alkyl halides is 3. The lowest BCUT2D eigenvalue weighted by Gasteiger charge is -2.35. The van der Waals surface area contributed by atoms with Gasteiger partial charge in [-0.15, -0.1) is 5.11 Å². The summed E-state index contributed by atoms with van der Waals surface area (Å²) in [7, 11) is -0.385. The largest absolute Gasteiger partial charge is 0.514 e. The first-order valence-electron chi connectivity index (χ1n) is 9.26. The fourth-order valence-electron chi connectivity index (χ4n) is 3.13. The third-order valence-corrected chi connectivity index (χ3v) is 5.87. The van der Waals surface area contributed by atoms with E-state index in [1.54, 1.807) is 31.9 Å². The average Bonchev–Trinajstić information content (AvgIpc) is 3.34. The van der Waals surface area contributed by atoms with Gasteiger partial charge in [0.05, 0.1) is 11.6 Å². The van der Waals surface area contributed by atoms with Crippen LogP contribution in [0.15, 0.2) is 28.4 Å². The van der Waals surface area contributed by atoms with Crippen molar-refractivity contribution in [3.05, 3.63) is 28.8 Å². The smallest absolute Gasteiger partial charge is 0.469 e. The van der Waals surface area contributed by atoms with E-state index in [1.165, 1.54) is 16.7 Å². The number of hydrogen-bond donors (Lipinski definition) is 3. The molecular weight excluding hydrogens is 437 g/mol. The quantitative estimate of drug-likeness (QED) is 0.418. The van der Waals surface area contributed by atoms with Crippen molar-refractivity contribution in [2.24, 2.45) is 17.3 Å². The summed E-state index contributed by atoms with van der Waals surface area (Å²) in [4.78, 5) is 6.17. The molecule has 1 aliphatic heterocycles. The van der Waals surface area contributed by atoms with Gasteiger partial charge >= 0.3 is 5.51 Å². The second-order valence-corrected chi connectivity index (χ2v) is 8.52. The number of rotatable bonds is 7. The SMILES string of the molecule is C[N-]c1nc(N=Nc2ccc(N3CCCC3)cc2NS(O)(O)C(F)(F)F)n(C)c1[N-]C. The van der Waals surface area contributed by atoms with Crippen molar-refractivity contribution in [1.29, 1.82) is 0 Å². The number of halogens is 3. The Morgan fingerprint density at radius 3 is 2.35 bits per heavy atom. The summed E-state index contributed by atoms with van der Waals surface area (Å²) in [6.07, 6.45) is 1.94. The lowest BCUT2D eigenvalue weighted by atomic mass is 10.2. The summed E-state index contributed by atoms with van der Waals surface area (Å²) < 4.78 is 61.7. The van der Waals surface area contributed by atoms with Crippen molar-refractivity contribution < 1.29 is 22.3 Å². The lowest BCUT2D eigenvalue weighted by Crippen LogP contribution is -2.26. The molecule has 1 saturated heterocycles. The molecule has 0 spiro atoms. The molecule has 1 aromatic carbocycles. The van der Waals surface area contributed by atoms with Gasteiger partial charge in [-0.3, -0.25) is 13.8 Å². The Bertz CT molecular complexity index is 958. The molecule has 14 heteroatoms. The van der Waals surface area contributed by atoms with Crippen LogP contribution in [-0.4, -0.2) is 51.3 Å². The van der Waals surface area contributed by atoms with E-state index in [-0.39, 0.29) is 17.3 Å². The Morgan fingerprint density at radius 2 is 1.81 bits per heavy atom. The van der Waals surface area contributed by atoms with Crippen molar-refractivity contribution in [1.82, 2.24) is 9.55 Å². The van der Waals surface area contributed by atoms with Gasteiger partial charge in [-0.1, -0.05) is 32.8 Å². The number of azo groups is 1. The van der Waals surface area contributed by atoms with E-state index >= 15 is 0 Å². The monoisotopic (exact) mass is 460 g/mol. The number of nitrogens with zero attached hydrogens (tertiary/aromatic N) is 7. The summed E-state index contributed by atoms with van der Waals surface area (Å²) in [6, 6.07) is 4.56. The highest BCUT2D eigenvalue weighted by Crippen LogP contribution is 2.56. The Kier molecular flexibility index (Phi) is 6.52. The minimum atomic E-state index is -5.25. The normalized spacial score (nSPS) is 15.5. The van der Waals surface area contributed by atoms with Gasteiger partial charge in [-0.05, 0) is 41.8 Å². The Labute approximate surface area is 179 Å². The molecule has 172 valence electrons. The van der Waals surface area contributed by atoms with Gasteiger partial charge < -0.3 is 25.1 Å². The van der Waals surface area contributed by atoms with E-state index in [2.05, 4.69) is 25.8 Å². The molecule has 2 aromatic rings. The average molecular weight is 460 g/mol. The highest BCUT2D eigenvalue weighted by molar-refractivity contribution is 8.26. The second-order valence-electron chi connectivity index (χ2n) is 6.76. The van der Waals surface area contributed by atoms with Gasteiger partial charge in [0.15, 0.2) is 0 Å². The zero-order valence-electron chi connectivity index (χ0n) is 17.1. The third-order valence-electron chi connectivity index (χ3n) is 4.72. The molecule has 31 heavy (non-hydrogen) atoms. The predicted octanol–water partition coefficient (Wildman–Crippen LogP) is 6.30. The minimum Gasteiger partial charge on any atom is -0.469 e. The van der Waals surface area contributed by atoms with Crippen molar-refractivity contribution in [3.63, 3.8) is 0 Å². The van der Waals surface area contributed by atoms with Crippen molar-refractivity contribution in [2.75, 3.05) is 36.8 Å². The van der Waals surface area contributed by atoms with Crippen molar-refractivity contribution in [3.8, 4) is 0 Å². The molecule has 0 bridgehead atoms. The summed E-state index contributed by atoms with van der Waals surface area (Å²) in [5.74, 6) is 0.941. The van der Waals surface area contributed by atoms with Crippen LogP contribution in [0.1, 0.15) is 12.8 Å². The molecule has 1 aliphatic rings. The van der Waals surface area contributed by atoms with Crippen LogP contribution in [0.3, 0.4) is 0 Å². The predicted molar refractivity (Wildman–Crippen MR) is 116 cm³/mol. The van der Waals surface area contributed by atoms with Gasteiger partial charge in [0, 0.05) is 18.8 Å². The lowest BCUT2D eigenvalue weighted by molar-refractivity contribution is -0.0518. The van der Waals surface area contributed by atoms with Crippen molar-refractivity contribution >= 4 is 45.4 Å². The number of hydrogen-bond acceptors (Lipinski definition) is 7. The molecule has 10 nitrogen and oxygen atoms in total. The molecule has 3 N–H and O–H groups in total. The van der Waals surface area contributed by atoms with Crippen LogP contribution in [-0.2, 0) is 7.05 Å². The zero-order chi connectivity index (χ0) is 22.8. The number of aromatic nitrogens is 2. The van der Waals surface area contributed by atoms with Gasteiger partial charge in [0.2, 0.25) is 0 Å². The first kappa shape index (κ1) is 23.0. The van der Waals surface area contributed by atoms with Gasteiger partial charge in [-0.2, -0.15) is 18.3 Å². The molecular formula is C17H23F3N8O2S-2. The fourth-order valence-corrected chi connectivity index (χ4v) is 3.71. The van der Waals surface area contributed by atoms with Crippen LogP contribution in [0.4, 0.5) is 47.8 Å². The first-order valence-corrected chi connectivity index (χ1v) is 10.8. The summed E-state index contributed by atoms with van der Waals surface area (Å²) >= 11 is 0. The molecule has 1 aromatic heterocycles. The molecule has 1 fully saturated rings. The van der Waals surface area contributed by atoms with E-state index in [0.717, 1.165) is 25.9 Å². The number of imidazole rings is 1. The maximum absolute atomic E-state index is 13.1. The Morgan fingerprint density at radius 1 is 1.13 bits per heavy atom. The summed E-state index contributed by atoms with van der Waals surface area (Å²) in [6.45, 7) is 1.52. The highest BCUT2D eigenvalue weighted by atomic mass is 32.3. The molecule has 2 heterocycles. The van der Waals surface area contributed by atoms with E-state index in [1.807, 2.05) is 4.90 Å². The topological polar surface area (TPSA) is 126 Å². The van der Waals surface area contributed by atoms with E-state index in [4.69, 9.17) is 0 Å². The maximum Gasteiger partial charge on any atom is 0.514 e. The molecule has 0 amide bonds. The minimum absolute atomic E-state index is 0.0138. The van der Waals surface area contributed by atoms with Crippen molar-refractivity contribution in [2.45, 2.75) is 18.3 Å². The van der Waals surface area contributed by atoms with Crippen LogP contribution >= 0.6 is 10.8 Å². The molecule has 0 saturated carbocycles. The van der Waals surface area contributed by atoms with Crippen LogP contribution in [0.25, 0.3) is 10.6 Å². The summed E-state index contributed by atoms with van der Waals surface area (Å²) in [5, 5.41) is 16.1. The molecule has 0 radical (unpaired) electrons. The molecule has 0 unspecified atom stereocenters. The standard InChI is InChI=1S/C17H23F3N8O2S/c1-21-14-15(22-2)27(3)16(23-14)25-24-12-7-6-11(28-8-4-5-9-28)10-13(12)26-31(29,30)17(18,19)20/h6-7,10,26,29-30H,4-5,8-9H2,1-3H3/q-2. The van der Waals surface area contributed by atoms with Gasteiger partial charge in [-0.25, -0.2) is 0 Å². The maximum atomic E-state index is 13.1. The van der Waals surface area contributed by atoms with E-state index in [0.29, 0.717) is 17.3 Å². The molecule has 0 aliphatic carbocycles. The van der Waals surface area contributed by atoms with Crippen LogP contribution in [0, 0.1) is 0 Å². The van der Waals surface area contributed by atoms with Crippen LogP contribution in [0.5, 0.6) is 0 Å². The van der Waals surface area contributed by atoms with E-state index < -0.39 is 16.3 Å². The fraction of sp³-hybridized carbons (Fsp3) is 0.471. The third kappa shape index (κ3) is 4.80. The van der Waals surface area contributed by atoms with E-state index in [9.17, 15) is 22.3 Å². The number of benzene rings is 1. The molecule has 0 atom stereocenters. The van der Waals surface area contributed by atoms with Gasteiger partial charge in [0.1, 0.15) is 5.69 Å². The highest BCUT2D eigenvalue weighted by Gasteiger charge is 2.46. The zero-order valence-corrected chi connectivity index (χ0v) is 17.9. The summed E-state index contributed by atoms with van der Waals surface area (Å²) in [5.41, 5.74) is -4.83. The van der Waals surface area contributed by atoms with Gasteiger partial charge in [0.25, 0.3) is 0 Å². The Balaban J connectivity index is 1.99. The van der Waals surface area contributed by atoms with Crippen LogP contribution in [0.2, 0.25) is 0 Å². The first-order chi connectivity index (χ1) is 14.6. The Hall–Kier alpha value is -2.71. The molecule has 3 rings (SSSR count). The second kappa shape index (κ2) is 8.80. The number of nitrogens with one attached hydrogen (secondary N) is 1. The van der Waals surface area contributed by atoms with Crippen LogP contribution < -0.4 is 9.62 Å². The number of anilines is 2.